The van der Waals surface area contributed by atoms with Crippen LogP contribution in [0.4, 0.5) is 0 Å². The summed E-state index contributed by atoms with van der Waals surface area (Å²) in [5, 5.41) is 3.32. The molecule has 102 valence electrons. The molecule has 0 spiro atoms. The number of amides is 1. The minimum absolute atomic E-state index is 0. The number of carbonyl (C=O) groups excluding carboxylic acids is 1. The van der Waals surface area contributed by atoms with Gasteiger partial charge in [-0.2, -0.15) is 0 Å². The van der Waals surface area contributed by atoms with Crippen LogP contribution >= 0.6 is 24.8 Å². The minimum Gasteiger partial charge on any atom is -0.366 e. The number of hydrogen-bond donors (Lipinski definition) is 2. The van der Waals surface area contributed by atoms with Crippen LogP contribution in [0.15, 0.2) is 24.3 Å². The molecule has 4 nitrogen and oxygen atoms in total. The maximum absolute atomic E-state index is 10.9. The van der Waals surface area contributed by atoms with E-state index in [1.165, 1.54) is 5.56 Å². The molecule has 0 aliphatic carbocycles. The van der Waals surface area contributed by atoms with Crippen LogP contribution in [0.3, 0.4) is 0 Å². The number of benzene rings is 1. The molecule has 0 atom stereocenters. The van der Waals surface area contributed by atoms with Crippen molar-refractivity contribution in [3.63, 3.8) is 0 Å². The average Bonchev–Trinajstić information content (AvgIpc) is 2.31. The van der Waals surface area contributed by atoms with Gasteiger partial charge in [0.05, 0.1) is 0 Å². The fourth-order valence-corrected chi connectivity index (χ4v) is 1.90. The first-order valence-electron chi connectivity index (χ1n) is 5.57. The van der Waals surface area contributed by atoms with Crippen molar-refractivity contribution in [2.75, 3.05) is 26.2 Å². The number of piperazine rings is 1. The lowest BCUT2D eigenvalue weighted by atomic mass is 10.1. The smallest absolute Gasteiger partial charge is 0.248 e. The number of hydrogen-bond acceptors (Lipinski definition) is 3. The van der Waals surface area contributed by atoms with Gasteiger partial charge in [-0.05, 0) is 17.7 Å². The van der Waals surface area contributed by atoms with Gasteiger partial charge in [0, 0.05) is 38.3 Å². The van der Waals surface area contributed by atoms with E-state index in [1.54, 1.807) is 12.1 Å². The molecule has 1 amide bonds. The van der Waals surface area contributed by atoms with E-state index in [9.17, 15) is 4.79 Å². The van der Waals surface area contributed by atoms with Crippen molar-refractivity contribution in [1.82, 2.24) is 10.2 Å². The Balaban J connectivity index is 0.00000144. The molecule has 1 aliphatic rings. The number of halogens is 2. The molecule has 1 saturated heterocycles. The highest BCUT2D eigenvalue weighted by Crippen LogP contribution is 2.07. The quantitative estimate of drug-likeness (QED) is 0.875. The number of rotatable bonds is 3. The Hall–Kier alpha value is -0.810. The molecule has 0 saturated carbocycles. The SMILES string of the molecule is Cl.Cl.NC(=O)c1ccc(CN2CCNCC2)cc1. The summed E-state index contributed by atoms with van der Waals surface area (Å²) < 4.78 is 0. The zero-order valence-corrected chi connectivity index (χ0v) is 11.7. The van der Waals surface area contributed by atoms with Crippen LogP contribution in [0.5, 0.6) is 0 Å². The molecule has 1 fully saturated rings. The Labute approximate surface area is 120 Å². The second kappa shape index (κ2) is 8.32. The summed E-state index contributed by atoms with van der Waals surface area (Å²) in [4.78, 5) is 13.3. The van der Waals surface area contributed by atoms with Gasteiger partial charge in [0.15, 0.2) is 0 Å². The molecular formula is C12H19Cl2N3O. The Morgan fingerprint density at radius 1 is 1.17 bits per heavy atom. The third-order valence-electron chi connectivity index (χ3n) is 2.85. The maximum Gasteiger partial charge on any atom is 0.248 e. The van der Waals surface area contributed by atoms with Gasteiger partial charge in [-0.1, -0.05) is 12.1 Å². The van der Waals surface area contributed by atoms with Crippen LogP contribution in [0.1, 0.15) is 15.9 Å². The minimum atomic E-state index is -0.367. The zero-order chi connectivity index (χ0) is 11.4. The summed E-state index contributed by atoms with van der Waals surface area (Å²) in [6.45, 7) is 5.22. The summed E-state index contributed by atoms with van der Waals surface area (Å²) in [5.74, 6) is -0.367. The Morgan fingerprint density at radius 3 is 2.22 bits per heavy atom. The number of nitrogens with two attached hydrogens (primary N) is 1. The molecule has 1 aliphatic heterocycles. The van der Waals surface area contributed by atoms with E-state index in [-0.39, 0.29) is 30.7 Å². The van der Waals surface area contributed by atoms with Gasteiger partial charge >= 0.3 is 0 Å². The van der Waals surface area contributed by atoms with Crippen LogP contribution in [-0.2, 0) is 6.54 Å². The van der Waals surface area contributed by atoms with Gasteiger partial charge < -0.3 is 11.1 Å². The third-order valence-corrected chi connectivity index (χ3v) is 2.85. The maximum atomic E-state index is 10.9. The molecule has 2 rings (SSSR count). The molecule has 6 heteroatoms. The number of primary amides is 1. The summed E-state index contributed by atoms with van der Waals surface area (Å²) in [5.41, 5.74) is 6.99. The lowest BCUT2D eigenvalue weighted by molar-refractivity contribution is 0.100. The van der Waals surface area contributed by atoms with E-state index in [0.717, 1.165) is 32.7 Å². The summed E-state index contributed by atoms with van der Waals surface area (Å²) in [7, 11) is 0. The van der Waals surface area contributed by atoms with Crippen molar-refractivity contribution in [2.45, 2.75) is 6.54 Å². The number of nitrogens with one attached hydrogen (secondary N) is 1. The van der Waals surface area contributed by atoms with Gasteiger partial charge in [0.2, 0.25) is 5.91 Å². The zero-order valence-electron chi connectivity index (χ0n) is 10.1. The monoisotopic (exact) mass is 291 g/mol. The van der Waals surface area contributed by atoms with E-state index in [0.29, 0.717) is 5.56 Å². The number of nitrogens with zero attached hydrogens (tertiary/aromatic N) is 1. The fourth-order valence-electron chi connectivity index (χ4n) is 1.90. The normalized spacial score (nSPS) is 15.3. The first-order valence-corrected chi connectivity index (χ1v) is 5.57. The van der Waals surface area contributed by atoms with Gasteiger partial charge in [0.25, 0.3) is 0 Å². The Kier molecular flexibility index (Phi) is 7.95. The van der Waals surface area contributed by atoms with Crippen LogP contribution < -0.4 is 11.1 Å². The molecule has 1 aromatic rings. The number of carbonyl (C=O) groups is 1. The summed E-state index contributed by atoms with van der Waals surface area (Å²) in [6.07, 6.45) is 0. The van der Waals surface area contributed by atoms with Crippen LogP contribution in [-0.4, -0.2) is 37.0 Å². The van der Waals surface area contributed by atoms with Crippen molar-refractivity contribution in [2.24, 2.45) is 5.73 Å². The highest BCUT2D eigenvalue weighted by Gasteiger charge is 2.09. The van der Waals surface area contributed by atoms with E-state index in [4.69, 9.17) is 5.73 Å². The first-order chi connectivity index (χ1) is 7.75. The molecule has 0 aromatic heterocycles. The lowest BCUT2D eigenvalue weighted by Crippen LogP contribution is -2.42. The molecule has 18 heavy (non-hydrogen) atoms. The standard InChI is InChI=1S/C12H17N3O.2ClH/c13-12(16)11-3-1-10(2-4-11)9-15-7-5-14-6-8-15;;/h1-4,14H,5-9H2,(H2,13,16);2*1H. The van der Waals surface area contributed by atoms with Gasteiger partial charge in [0.1, 0.15) is 0 Å². The highest BCUT2D eigenvalue weighted by atomic mass is 35.5. The van der Waals surface area contributed by atoms with Crippen LogP contribution in [0.2, 0.25) is 0 Å². The molecule has 1 aromatic carbocycles. The Bertz CT molecular complexity index is 364. The van der Waals surface area contributed by atoms with Crippen molar-refractivity contribution in [1.29, 1.82) is 0 Å². The molecule has 1 heterocycles. The summed E-state index contributed by atoms with van der Waals surface area (Å²) >= 11 is 0. The molecular weight excluding hydrogens is 273 g/mol. The predicted octanol–water partition coefficient (Wildman–Crippen LogP) is 1.03. The third kappa shape index (κ3) is 4.82. The van der Waals surface area contributed by atoms with Crippen molar-refractivity contribution < 1.29 is 4.79 Å². The van der Waals surface area contributed by atoms with Crippen LogP contribution in [0, 0.1) is 0 Å². The van der Waals surface area contributed by atoms with Gasteiger partial charge in [-0.15, -0.1) is 24.8 Å². The van der Waals surface area contributed by atoms with Crippen molar-refractivity contribution in [3.05, 3.63) is 35.4 Å². The molecule has 0 unspecified atom stereocenters. The topological polar surface area (TPSA) is 58.4 Å². The largest absolute Gasteiger partial charge is 0.366 e. The fraction of sp³-hybridized carbons (Fsp3) is 0.417. The highest BCUT2D eigenvalue weighted by molar-refractivity contribution is 5.92. The molecule has 0 bridgehead atoms. The lowest BCUT2D eigenvalue weighted by Gasteiger charge is -2.27. The predicted molar refractivity (Wildman–Crippen MR) is 77.6 cm³/mol. The van der Waals surface area contributed by atoms with Crippen LogP contribution in [0.25, 0.3) is 0 Å². The Morgan fingerprint density at radius 2 is 1.72 bits per heavy atom. The van der Waals surface area contributed by atoms with E-state index in [2.05, 4.69) is 10.2 Å². The van der Waals surface area contributed by atoms with Gasteiger partial charge in [-0.25, -0.2) is 0 Å². The van der Waals surface area contributed by atoms with Crippen molar-refractivity contribution in [3.8, 4) is 0 Å². The first kappa shape index (κ1) is 17.2. The summed E-state index contributed by atoms with van der Waals surface area (Å²) in [6, 6.07) is 7.53. The van der Waals surface area contributed by atoms with Crippen molar-refractivity contribution >= 4 is 30.7 Å². The second-order valence-electron chi connectivity index (χ2n) is 4.09. The van der Waals surface area contributed by atoms with E-state index in [1.807, 2.05) is 12.1 Å². The molecule has 3 N–H and O–H groups in total. The van der Waals surface area contributed by atoms with Gasteiger partial charge in [-0.3, -0.25) is 9.69 Å². The van der Waals surface area contributed by atoms with E-state index >= 15 is 0 Å². The second-order valence-corrected chi connectivity index (χ2v) is 4.09. The average molecular weight is 292 g/mol. The molecule has 0 radical (unpaired) electrons. The van der Waals surface area contributed by atoms with E-state index < -0.39 is 0 Å².